The first-order valence-corrected chi connectivity index (χ1v) is 8.26. The number of nitrogens with zero attached hydrogens (tertiary/aromatic N) is 1. The van der Waals surface area contributed by atoms with E-state index >= 15 is 0 Å². The Morgan fingerprint density at radius 1 is 1.30 bits per heavy atom. The highest BCUT2D eigenvalue weighted by Gasteiger charge is 2.29. The maximum absolute atomic E-state index is 12.4. The normalized spacial score (nSPS) is 22.6. The molecule has 1 aliphatic carbocycles. The fraction of sp³-hybridized carbons (Fsp3) is 0.538. The molecule has 1 aliphatic rings. The van der Waals surface area contributed by atoms with Gasteiger partial charge >= 0.3 is 5.76 Å². The van der Waals surface area contributed by atoms with Crippen LogP contribution in [0.5, 0.6) is 0 Å². The van der Waals surface area contributed by atoms with Gasteiger partial charge in [-0.15, -0.1) is 11.6 Å². The molecule has 0 radical (unpaired) electrons. The highest BCUT2D eigenvalue weighted by Crippen LogP contribution is 2.33. The van der Waals surface area contributed by atoms with Crippen LogP contribution in [0, 0.1) is 5.92 Å². The molecular weight excluding hydrogens is 308 g/mol. The number of alkyl halides is 3. The average molecular weight is 324 g/mol. The molecule has 0 amide bonds. The first kappa shape index (κ1) is 15.5. The SMILES string of the molecule is CN(CC1CC(Cl)C1)c1ccc(S(=O)(=O)C(F)F)cc1. The summed E-state index contributed by atoms with van der Waals surface area (Å²) in [4.78, 5) is 1.63. The Labute approximate surface area is 122 Å². The van der Waals surface area contributed by atoms with E-state index in [9.17, 15) is 17.2 Å². The molecule has 1 fully saturated rings. The topological polar surface area (TPSA) is 37.4 Å². The van der Waals surface area contributed by atoms with Crippen LogP contribution in [-0.2, 0) is 9.84 Å². The van der Waals surface area contributed by atoms with Crippen LogP contribution in [0.15, 0.2) is 29.2 Å². The van der Waals surface area contributed by atoms with Crippen molar-refractivity contribution in [3.8, 4) is 0 Å². The third-order valence-corrected chi connectivity index (χ3v) is 5.31. The zero-order valence-corrected chi connectivity index (χ0v) is 12.5. The lowest BCUT2D eigenvalue weighted by Gasteiger charge is -2.35. The van der Waals surface area contributed by atoms with Crippen molar-refractivity contribution >= 4 is 27.1 Å². The molecule has 0 bridgehead atoms. The lowest BCUT2D eigenvalue weighted by Crippen LogP contribution is -2.34. The predicted molar refractivity (Wildman–Crippen MR) is 75.3 cm³/mol. The molecule has 0 unspecified atom stereocenters. The van der Waals surface area contributed by atoms with Gasteiger partial charge in [0, 0.05) is 24.7 Å². The van der Waals surface area contributed by atoms with Crippen molar-refractivity contribution in [2.45, 2.75) is 28.9 Å². The van der Waals surface area contributed by atoms with Gasteiger partial charge in [-0.25, -0.2) is 8.42 Å². The van der Waals surface area contributed by atoms with Crippen LogP contribution in [0.4, 0.5) is 14.5 Å². The quantitative estimate of drug-likeness (QED) is 0.781. The second-order valence-corrected chi connectivity index (χ2v) is 7.65. The van der Waals surface area contributed by atoms with Crippen LogP contribution in [-0.4, -0.2) is 33.1 Å². The third kappa shape index (κ3) is 3.23. The van der Waals surface area contributed by atoms with Gasteiger partial charge in [0.15, 0.2) is 0 Å². The summed E-state index contributed by atoms with van der Waals surface area (Å²) in [7, 11) is -2.63. The van der Waals surface area contributed by atoms with E-state index in [0.717, 1.165) is 25.1 Å². The standard InChI is InChI=1S/C13H16ClF2NO2S/c1-17(8-9-6-10(14)7-9)11-2-4-12(5-3-11)20(18,19)13(15)16/h2-5,9-10,13H,6-8H2,1H3. The van der Waals surface area contributed by atoms with E-state index in [2.05, 4.69) is 0 Å². The van der Waals surface area contributed by atoms with Gasteiger partial charge in [0.25, 0.3) is 0 Å². The van der Waals surface area contributed by atoms with Gasteiger partial charge in [-0.2, -0.15) is 8.78 Å². The van der Waals surface area contributed by atoms with E-state index in [-0.39, 0.29) is 10.3 Å². The second-order valence-electron chi connectivity index (χ2n) is 5.11. The number of hydrogen-bond acceptors (Lipinski definition) is 3. The van der Waals surface area contributed by atoms with Gasteiger partial charge < -0.3 is 4.90 Å². The molecule has 3 nitrogen and oxygen atoms in total. The van der Waals surface area contributed by atoms with Gasteiger partial charge in [0.2, 0.25) is 9.84 Å². The minimum atomic E-state index is -4.51. The highest BCUT2D eigenvalue weighted by atomic mass is 35.5. The van der Waals surface area contributed by atoms with Gasteiger partial charge in [-0.3, -0.25) is 0 Å². The fourth-order valence-corrected chi connectivity index (χ4v) is 3.51. The van der Waals surface area contributed by atoms with Crippen molar-refractivity contribution in [1.82, 2.24) is 0 Å². The molecule has 0 heterocycles. The van der Waals surface area contributed by atoms with Crippen molar-refractivity contribution in [2.24, 2.45) is 5.92 Å². The summed E-state index contributed by atoms with van der Waals surface area (Å²) in [6.45, 7) is 0.824. The third-order valence-electron chi connectivity index (χ3n) is 3.55. The van der Waals surface area contributed by atoms with E-state index in [1.165, 1.54) is 12.1 Å². The summed E-state index contributed by atoms with van der Waals surface area (Å²) in [6, 6.07) is 5.54. The van der Waals surface area contributed by atoms with Crippen molar-refractivity contribution in [2.75, 3.05) is 18.5 Å². The Kier molecular flexibility index (Phi) is 4.54. The second kappa shape index (κ2) is 5.85. The monoisotopic (exact) mass is 323 g/mol. The predicted octanol–water partition coefficient (Wildman–Crippen LogP) is 3.14. The molecule has 0 aromatic heterocycles. The van der Waals surface area contributed by atoms with Crippen LogP contribution in [0.25, 0.3) is 0 Å². The first-order valence-electron chi connectivity index (χ1n) is 6.28. The maximum Gasteiger partial charge on any atom is 0.341 e. The van der Waals surface area contributed by atoms with E-state index in [1.54, 1.807) is 12.1 Å². The Bertz CT molecular complexity index is 556. The Balaban J connectivity index is 2.04. The summed E-state index contributed by atoms with van der Waals surface area (Å²) in [5.74, 6) is -2.85. The van der Waals surface area contributed by atoms with Crippen LogP contribution in [0.3, 0.4) is 0 Å². The number of benzene rings is 1. The molecule has 0 saturated heterocycles. The van der Waals surface area contributed by atoms with Crippen LogP contribution in [0.1, 0.15) is 12.8 Å². The lowest BCUT2D eigenvalue weighted by molar-refractivity contribution is 0.234. The zero-order valence-electron chi connectivity index (χ0n) is 11.0. The molecule has 20 heavy (non-hydrogen) atoms. The Hall–Kier alpha value is -0.880. The van der Waals surface area contributed by atoms with Crippen molar-refractivity contribution in [3.05, 3.63) is 24.3 Å². The molecule has 0 N–H and O–H groups in total. The maximum atomic E-state index is 12.4. The summed E-state index contributed by atoms with van der Waals surface area (Å²) in [5.41, 5.74) is 0.802. The van der Waals surface area contributed by atoms with Gasteiger partial charge in [-0.1, -0.05) is 0 Å². The molecule has 0 aliphatic heterocycles. The largest absolute Gasteiger partial charge is 0.374 e. The van der Waals surface area contributed by atoms with Crippen molar-refractivity contribution in [1.29, 1.82) is 0 Å². The minimum Gasteiger partial charge on any atom is -0.374 e. The highest BCUT2D eigenvalue weighted by molar-refractivity contribution is 7.91. The number of anilines is 1. The molecule has 1 aromatic rings. The number of rotatable bonds is 5. The fourth-order valence-electron chi connectivity index (χ4n) is 2.29. The number of halogens is 3. The zero-order chi connectivity index (χ0) is 14.9. The summed E-state index contributed by atoms with van der Waals surface area (Å²) in [6.07, 6.45) is 1.95. The summed E-state index contributed by atoms with van der Waals surface area (Å²) < 4.78 is 47.4. The smallest absolute Gasteiger partial charge is 0.341 e. The number of hydrogen-bond donors (Lipinski definition) is 0. The van der Waals surface area contributed by atoms with Gasteiger partial charge in [-0.05, 0) is 43.0 Å². The van der Waals surface area contributed by atoms with Crippen molar-refractivity contribution < 1.29 is 17.2 Å². The van der Waals surface area contributed by atoms with Gasteiger partial charge in [0.1, 0.15) is 0 Å². The van der Waals surface area contributed by atoms with E-state index in [4.69, 9.17) is 11.6 Å². The molecule has 2 rings (SSSR count). The Morgan fingerprint density at radius 3 is 2.30 bits per heavy atom. The molecule has 112 valence electrons. The molecule has 1 saturated carbocycles. The van der Waals surface area contributed by atoms with Crippen molar-refractivity contribution in [3.63, 3.8) is 0 Å². The first-order chi connectivity index (χ1) is 9.30. The molecule has 1 aromatic carbocycles. The number of sulfone groups is 1. The minimum absolute atomic E-state index is 0.256. The molecule has 7 heteroatoms. The molecular formula is C13H16ClF2NO2S. The average Bonchev–Trinajstić information content (AvgIpc) is 2.36. The van der Waals surface area contributed by atoms with E-state index < -0.39 is 15.6 Å². The van der Waals surface area contributed by atoms with E-state index in [0.29, 0.717) is 5.92 Å². The van der Waals surface area contributed by atoms with Crippen LogP contribution >= 0.6 is 11.6 Å². The van der Waals surface area contributed by atoms with Crippen LogP contribution < -0.4 is 4.90 Å². The van der Waals surface area contributed by atoms with Crippen LogP contribution in [0.2, 0.25) is 0 Å². The van der Waals surface area contributed by atoms with E-state index in [1.807, 2.05) is 11.9 Å². The molecule has 0 atom stereocenters. The van der Waals surface area contributed by atoms with Gasteiger partial charge in [0.05, 0.1) is 4.90 Å². The summed E-state index contributed by atoms with van der Waals surface area (Å²) >= 11 is 5.92. The summed E-state index contributed by atoms with van der Waals surface area (Å²) in [5, 5.41) is 0.256. The lowest BCUT2D eigenvalue weighted by atomic mass is 9.84. The molecule has 0 spiro atoms. The Morgan fingerprint density at radius 2 is 1.85 bits per heavy atom.